The molecule has 9 nitrogen and oxygen atoms in total. The van der Waals surface area contributed by atoms with Crippen LogP contribution in [-0.2, 0) is 14.4 Å². The first-order valence-corrected chi connectivity index (χ1v) is 18.3. The molecule has 0 aromatic heterocycles. The molecule has 0 atom stereocenters. The third-order valence-electron chi connectivity index (χ3n) is 2.65. The number of nitrogens with one attached hydrogen (secondary N) is 3. The number of rotatable bonds is 15. The topological polar surface area (TPSA) is 165 Å². The molecule has 0 aromatic carbocycles. The van der Waals surface area contributed by atoms with Crippen molar-refractivity contribution >= 4 is 89.2 Å². The first kappa shape index (κ1) is 34.4. The van der Waals surface area contributed by atoms with Crippen LogP contribution in [0.1, 0.15) is 19.3 Å². The lowest BCUT2D eigenvalue weighted by Crippen LogP contribution is -2.28. The predicted octanol–water partition coefficient (Wildman–Crippen LogP) is 0.450. The molecule has 0 fully saturated rings. The normalized spacial score (nSPS) is 9.31. The van der Waals surface area contributed by atoms with Crippen LogP contribution in [-0.4, -0.2) is 74.2 Å². The van der Waals surface area contributed by atoms with Crippen molar-refractivity contribution in [3.63, 3.8) is 0 Å². The maximum Gasteiger partial charge on any atom is 0.221 e. The fourth-order valence-corrected chi connectivity index (χ4v) is 3.36. The largest absolute Gasteiger partial charge is 0.355 e. The zero-order chi connectivity index (χ0) is 22.8. The molecule has 0 bridgehead atoms. The minimum atomic E-state index is -0.00264. The molecule has 0 aliphatic heterocycles. The van der Waals surface area contributed by atoms with Crippen molar-refractivity contribution in [2.24, 2.45) is 17.2 Å². The average molecular weight is 696 g/mol. The molecule has 0 aromatic rings. The molecule has 29 heavy (non-hydrogen) atoms. The van der Waals surface area contributed by atoms with E-state index in [1.165, 1.54) is 0 Å². The van der Waals surface area contributed by atoms with Gasteiger partial charge in [-0.15, -0.1) is 0 Å². The Kier molecular flexibility index (Phi) is 36.8. The Labute approximate surface area is 210 Å². The predicted molar refractivity (Wildman–Crippen MR) is 147 cm³/mol. The second-order valence-electron chi connectivity index (χ2n) is 5.03. The first-order valence-electron chi connectivity index (χ1n) is 8.91. The number of amides is 3. The van der Waals surface area contributed by atoms with E-state index in [9.17, 15) is 14.4 Å². The highest BCUT2D eigenvalue weighted by Gasteiger charge is 1.99. The zero-order valence-electron chi connectivity index (χ0n) is 16.5. The summed E-state index contributed by atoms with van der Waals surface area (Å²) in [5, 5.41) is 8.18. The summed E-state index contributed by atoms with van der Waals surface area (Å²) >= 11 is 8.16. The van der Waals surface area contributed by atoms with Crippen molar-refractivity contribution in [1.29, 1.82) is 0 Å². The third kappa shape index (κ3) is 33.6. The lowest BCUT2D eigenvalue weighted by atomic mass is 10.4. The maximum absolute atomic E-state index is 11.0. The number of carbonyl (C=O) groups excluding carboxylic acids is 3. The van der Waals surface area contributed by atoms with Crippen LogP contribution in [0.4, 0.5) is 0 Å². The minimum absolute atomic E-state index is 0.00264. The van der Waals surface area contributed by atoms with Crippen molar-refractivity contribution in [3.8, 4) is 0 Å². The third-order valence-corrected chi connectivity index (χ3v) is 5.28. The van der Waals surface area contributed by atoms with Crippen molar-refractivity contribution in [3.05, 3.63) is 0 Å². The van der Waals surface area contributed by atoms with Crippen molar-refractivity contribution in [1.82, 2.24) is 16.0 Å². The number of hydrogen-bond acceptors (Lipinski definition) is 9. The highest BCUT2D eigenvalue weighted by atomic mass is 128. The average Bonchev–Trinajstić information content (AvgIpc) is 2.71. The molecule has 0 unspecified atom stereocenters. The summed E-state index contributed by atoms with van der Waals surface area (Å²) in [4.78, 5) is 32.7. The molecule has 0 spiro atoms. The smallest absolute Gasteiger partial charge is 0.221 e. The van der Waals surface area contributed by atoms with Crippen molar-refractivity contribution in [2.75, 3.05) is 56.5 Å². The Bertz CT molecular complexity index is 378. The van der Waals surface area contributed by atoms with Gasteiger partial charge in [-0.05, 0) is 0 Å². The molecular formula is C15H34I2N6O3S3. The van der Waals surface area contributed by atoms with E-state index in [2.05, 4.69) is 65.8 Å². The molecule has 0 saturated heterocycles. The first-order chi connectivity index (χ1) is 14.0. The number of thiol groups is 1. The molecule has 14 heteroatoms. The number of carbonyl (C=O) groups is 3. The van der Waals surface area contributed by atoms with Crippen LogP contribution in [0.2, 0.25) is 0 Å². The van der Waals surface area contributed by atoms with Crippen molar-refractivity contribution in [2.45, 2.75) is 19.3 Å². The molecule has 174 valence electrons. The second kappa shape index (κ2) is 31.0. The van der Waals surface area contributed by atoms with Crippen molar-refractivity contribution < 1.29 is 14.4 Å². The summed E-state index contributed by atoms with van der Waals surface area (Å²) in [7, 11) is 3.35. The molecule has 0 rings (SSSR count). The fourth-order valence-electron chi connectivity index (χ4n) is 1.44. The SMILES string of the molecule is II.NCCC(=O)NCCS.NCCC(=O)NCCSSCCNC(=O)CCN. The van der Waals surface area contributed by atoms with Crippen LogP contribution in [0.25, 0.3) is 0 Å². The highest BCUT2D eigenvalue weighted by Crippen LogP contribution is 2.19. The van der Waals surface area contributed by atoms with Gasteiger partial charge in [0.25, 0.3) is 0 Å². The molecular weight excluding hydrogens is 662 g/mol. The van der Waals surface area contributed by atoms with E-state index in [0.717, 1.165) is 11.5 Å². The van der Waals surface area contributed by atoms with Gasteiger partial charge in [0.15, 0.2) is 0 Å². The Balaban J connectivity index is -0.000000515. The Hall–Kier alpha value is 0.800. The maximum atomic E-state index is 11.0. The van der Waals surface area contributed by atoms with E-state index in [4.69, 9.17) is 17.2 Å². The fraction of sp³-hybridized carbons (Fsp3) is 0.800. The summed E-state index contributed by atoms with van der Waals surface area (Å²) in [5.41, 5.74) is 15.6. The van der Waals surface area contributed by atoms with Gasteiger partial charge in [-0.1, -0.05) is 21.6 Å². The van der Waals surface area contributed by atoms with Crippen LogP contribution in [0, 0.1) is 0 Å². The van der Waals surface area contributed by atoms with Gasteiger partial charge in [0.2, 0.25) is 17.7 Å². The lowest BCUT2D eigenvalue weighted by Gasteiger charge is -2.05. The van der Waals surface area contributed by atoms with Crippen LogP contribution in [0.15, 0.2) is 0 Å². The van der Waals surface area contributed by atoms with E-state index >= 15 is 0 Å². The van der Waals surface area contributed by atoms with Crippen LogP contribution < -0.4 is 33.2 Å². The van der Waals surface area contributed by atoms with E-state index in [1.54, 1.807) is 21.6 Å². The summed E-state index contributed by atoms with van der Waals surface area (Å²) in [6, 6.07) is 0. The Morgan fingerprint density at radius 1 is 0.690 bits per heavy atom. The molecule has 0 heterocycles. The van der Waals surface area contributed by atoms with Crippen LogP contribution in [0.5, 0.6) is 0 Å². The van der Waals surface area contributed by atoms with Gasteiger partial charge >= 0.3 is 0 Å². The van der Waals surface area contributed by atoms with Gasteiger partial charge in [0.1, 0.15) is 0 Å². The van der Waals surface area contributed by atoms with Gasteiger partial charge in [-0.3, -0.25) is 14.4 Å². The second-order valence-corrected chi connectivity index (χ2v) is 8.18. The van der Waals surface area contributed by atoms with E-state index in [1.807, 2.05) is 0 Å². The summed E-state index contributed by atoms with van der Waals surface area (Å²) < 4.78 is 0. The van der Waals surface area contributed by atoms with E-state index < -0.39 is 0 Å². The quantitative estimate of drug-likeness (QED) is 0.0562. The van der Waals surface area contributed by atoms with Crippen LogP contribution in [0.3, 0.4) is 0 Å². The Morgan fingerprint density at radius 2 is 1.00 bits per heavy atom. The summed E-state index contributed by atoms with van der Waals surface area (Å²) in [5.74, 6) is 2.37. The molecule has 0 saturated carbocycles. The zero-order valence-corrected chi connectivity index (χ0v) is 23.3. The summed E-state index contributed by atoms with van der Waals surface area (Å²) in [6.45, 7) is 3.11. The van der Waals surface area contributed by atoms with E-state index in [0.29, 0.717) is 64.3 Å². The van der Waals surface area contributed by atoms with Gasteiger partial charge in [-0.2, -0.15) is 12.6 Å². The number of hydrogen-bond donors (Lipinski definition) is 7. The van der Waals surface area contributed by atoms with E-state index in [-0.39, 0.29) is 17.7 Å². The Morgan fingerprint density at radius 3 is 1.28 bits per heavy atom. The summed E-state index contributed by atoms with van der Waals surface area (Å²) in [6.07, 6.45) is 1.17. The van der Waals surface area contributed by atoms with Gasteiger partial charge in [-0.25, -0.2) is 0 Å². The molecule has 0 radical (unpaired) electrons. The van der Waals surface area contributed by atoms with Gasteiger partial charge in [0.05, 0.1) is 0 Å². The molecule has 9 N–H and O–H groups in total. The number of nitrogens with two attached hydrogens (primary N) is 3. The highest BCUT2D eigenvalue weighted by molar-refractivity contribution is 15.0. The molecule has 3 amide bonds. The van der Waals surface area contributed by atoms with Crippen LogP contribution >= 0.6 is 71.4 Å². The lowest BCUT2D eigenvalue weighted by molar-refractivity contribution is -0.121. The minimum Gasteiger partial charge on any atom is -0.355 e. The van der Waals surface area contributed by atoms with Gasteiger partial charge in [0, 0.05) is 113 Å². The molecule has 0 aliphatic rings. The number of halogens is 2. The molecule has 0 aliphatic carbocycles. The standard InChI is InChI=1S/C10H22N4O2S2.C5H12N2OS.I2/c11-3-1-9(15)13-5-7-17-18-8-6-14-10(16)2-4-12;6-2-1-5(8)7-3-4-9;1-2/h1-8,11-12H2,(H,13,15)(H,14,16);9H,1-4,6H2,(H,7,8);. The van der Waals surface area contributed by atoms with Gasteiger partial charge < -0.3 is 33.2 Å². The monoisotopic (exact) mass is 696 g/mol.